The van der Waals surface area contributed by atoms with Crippen molar-refractivity contribution in [2.75, 3.05) is 6.61 Å². The summed E-state index contributed by atoms with van der Waals surface area (Å²) in [5.41, 5.74) is 1.30. The van der Waals surface area contributed by atoms with Crippen LogP contribution in [0.4, 0.5) is 0 Å². The third-order valence-electron chi connectivity index (χ3n) is 3.95. The fourth-order valence-corrected chi connectivity index (χ4v) is 2.99. The van der Waals surface area contributed by atoms with Gasteiger partial charge in [-0.05, 0) is 30.7 Å². The Morgan fingerprint density at radius 1 is 1.28 bits per heavy atom. The molecule has 2 nitrogen and oxygen atoms in total. The molecule has 1 fully saturated rings. The summed E-state index contributed by atoms with van der Waals surface area (Å²) in [5.74, 6) is 0.826. The Morgan fingerprint density at radius 3 is 2.72 bits per heavy atom. The van der Waals surface area contributed by atoms with Crippen molar-refractivity contribution in [2.24, 2.45) is 5.92 Å². The summed E-state index contributed by atoms with van der Waals surface area (Å²) in [6, 6.07) is 11.2. The highest BCUT2D eigenvalue weighted by Gasteiger charge is 2.21. The first-order chi connectivity index (χ1) is 8.78. The van der Waals surface area contributed by atoms with E-state index in [9.17, 15) is 5.11 Å². The topological polar surface area (TPSA) is 32.3 Å². The van der Waals surface area contributed by atoms with Crippen LogP contribution in [0.25, 0.3) is 0 Å². The molecule has 0 aromatic heterocycles. The van der Waals surface area contributed by atoms with Gasteiger partial charge in [-0.2, -0.15) is 0 Å². The van der Waals surface area contributed by atoms with Crippen LogP contribution in [-0.2, 0) is 6.42 Å². The van der Waals surface area contributed by atoms with Crippen molar-refractivity contribution in [1.29, 1.82) is 0 Å². The van der Waals surface area contributed by atoms with E-state index in [-0.39, 0.29) is 12.6 Å². The van der Waals surface area contributed by atoms with Crippen LogP contribution in [0.2, 0.25) is 0 Å². The Labute approximate surface area is 110 Å². The van der Waals surface area contributed by atoms with Gasteiger partial charge < -0.3 is 10.4 Å². The maximum atomic E-state index is 9.52. The number of aliphatic hydroxyl groups excluding tert-OH is 1. The lowest BCUT2D eigenvalue weighted by Crippen LogP contribution is -2.43. The Hall–Kier alpha value is -0.860. The first kappa shape index (κ1) is 13.6. The molecule has 2 N–H and O–H groups in total. The summed E-state index contributed by atoms with van der Waals surface area (Å²) in [6.45, 7) is 2.55. The molecule has 1 aliphatic rings. The first-order valence-electron chi connectivity index (χ1n) is 7.18. The third kappa shape index (κ3) is 4.11. The van der Waals surface area contributed by atoms with E-state index in [4.69, 9.17) is 0 Å². The van der Waals surface area contributed by atoms with E-state index in [1.165, 1.54) is 31.2 Å². The summed E-state index contributed by atoms with van der Waals surface area (Å²) in [4.78, 5) is 0. The summed E-state index contributed by atoms with van der Waals surface area (Å²) in [5, 5.41) is 13.2. The fraction of sp³-hybridized carbons (Fsp3) is 0.625. The van der Waals surface area contributed by atoms with Crippen molar-refractivity contribution in [1.82, 2.24) is 5.32 Å². The van der Waals surface area contributed by atoms with Gasteiger partial charge in [0.1, 0.15) is 0 Å². The Bertz CT molecular complexity index is 338. The minimum absolute atomic E-state index is 0.197. The molecule has 1 saturated carbocycles. The van der Waals surface area contributed by atoms with Crippen molar-refractivity contribution >= 4 is 0 Å². The van der Waals surface area contributed by atoms with E-state index in [1.807, 2.05) is 6.07 Å². The summed E-state index contributed by atoms with van der Waals surface area (Å²) < 4.78 is 0. The van der Waals surface area contributed by atoms with E-state index in [0.29, 0.717) is 6.04 Å². The molecule has 0 saturated heterocycles. The molecule has 1 aromatic carbocycles. The molecule has 18 heavy (non-hydrogen) atoms. The number of aliphatic hydroxyl groups is 1. The van der Waals surface area contributed by atoms with Crippen molar-refractivity contribution in [2.45, 2.75) is 51.1 Å². The lowest BCUT2D eigenvalue weighted by atomic mass is 9.86. The summed E-state index contributed by atoms with van der Waals surface area (Å²) in [7, 11) is 0. The van der Waals surface area contributed by atoms with E-state index in [0.717, 1.165) is 12.3 Å². The molecular weight excluding hydrogens is 222 g/mol. The van der Waals surface area contributed by atoms with Crippen LogP contribution >= 0.6 is 0 Å². The molecule has 3 atom stereocenters. The summed E-state index contributed by atoms with van der Waals surface area (Å²) >= 11 is 0. The van der Waals surface area contributed by atoms with Crippen LogP contribution in [0.3, 0.4) is 0 Å². The van der Waals surface area contributed by atoms with E-state index in [2.05, 4.69) is 36.5 Å². The Kier molecular flexibility index (Phi) is 5.21. The number of hydrogen-bond donors (Lipinski definition) is 2. The maximum absolute atomic E-state index is 9.52. The van der Waals surface area contributed by atoms with Crippen molar-refractivity contribution in [3.63, 3.8) is 0 Å². The predicted molar refractivity (Wildman–Crippen MR) is 75.6 cm³/mol. The average molecular weight is 247 g/mol. The van der Waals surface area contributed by atoms with E-state index >= 15 is 0 Å². The smallest absolute Gasteiger partial charge is 0.0587 e. The van der Waals surface area contributed by atoms with Gasteiger partial charge in [0, 0.05) is 12.1 Å². The SMILES string of the molecule is CC1CCCC(N[C@H](CO)Cc2ccccc2)C1. The van der Waals surface area contributed by atoms with Crippen LogP contribution in [-0.4, -0.2) is 23.8 Å². The molecule has 1 aliphatic carbocycles. The molecule has 0 heterocycles. The summed E-state index contributed by atoms with van der Waals surface area (Å²) in [6.07, 6.45) is 6.12. The number of nitrogens with one attached hydrogen (secondary N) is 1. The monoisotopic (exact) mass is 247 g/mol. The predicted octanol–water partition coefficient (Wildman–Crippen LogP) is 2.76. The maximum Gasteiger partial charge on any atom is 0.0587 e. The zero-order valence-electron chi connectivity index (χ0n) is 11.3. The molecule has 0 amide bonds. The minimum Gasteiger partial charge on any atom is -0.395 e. The molecule has 2 unspecified atom stereocenters. The third-order valence-corrected chi connectivity index (χ3v) is 3.95. The molecule has 0 radical (unpaired) electrons. The highest BCUT2D eigenvalue weighted by molar-refractivity contribution is 5.16. The fourth-order valence-electron chi connectivity index (χ4n) is 2.99. The van der Waals surface area contributed by atoms with Gasteiger partial charge in [0.15, 0.2) is 0 Å². The first-order valence-corrected chi connectivity index (χ1v) is 7.18. The van der Waals surface area contributed by atoms with Crippen LogP contribution in [0, 0.1) is 5.92 Å². The lowest BCUT2D eigenvalue weighted by molar-refractivity contribution is 0.206. The van der Waals surface area contributed by atoms with E-state index < -0.39 is 0 Å². The van der Waals surface area contributed by atoms with Crippen molar-refractivity contribution in [3.05, 3.63) is 35.9 Å². The highest BCUT2D eigenvalue weighted by atomic mass is 16.3. The van der Waals surface area contributed by atoms with E-state index in [1.54, 1.807) is 0 Å². The number of rotatable bonds is 5. The average Bonchev–Trinajstić information content (AvgIpc) is 2.39. The molecule has 0 bridgehead atoms. The van der Waals surface area contributed by atoms with Gasteiger partial charge in [-0.3, -0.25) is 0 Å². The standard InChI is InChI=1S/C16H25NO/c1-13-6-5-9-15(10-13)17-16(12-18)11-14-7-3-2-4-8-14/h2-4,7-8,13,15-18H,5-6,9-12H2,1H3/t13?,15?,16-/m0/s1. The largest absolute Gasteiger partial charge is 0.395 e. The van der Waals surface area contributed by atoms with Gasteiger partial charge in [-0.15, -0.1) is 0 Å². The zero-order chi connectivity index (χ0) is 12.8. The molecule has 100 valence electrons. The minimum atomic E-state index is 0.197. The number of benzene rings is 1. The Balaban J connectivity index is 1.85. The molecule has 0 aliphatic heterocycles. The van der Waals surface area contributed by atoms with Crippen LogP contribution in [0.15, 0.2) is 30.3 Å². The van der Waals surface area contributed by atoms with Crippen molar-refractivity contribution in [3.8, 4) is 0 Å². The normalized spacial score (nSPS) is 25.9. The second-order valence-electron chi connectivity index (χ2n) is 5.70. The van der Waals surface area contributed by atoms with Gasteiger partial charge in [0.2, 0.25) is 0 Å². The Morgan fingerprint density at radius 2 is 2.06 bits per heavy atom. The second-order valence-corrected chi connectivity index (χ2v) is 5.70. The van der Waals surface area contributed by atoms with Gasteiger partial charge in [0.25, 0.3) is 0 Å². The van der Waals surface area contributed by atoms with Crippen LogP contribution in [0.5, 0.6) is 0 Å². The van der Waals surface area contributed by atoms with Gasteiger partial charge in [0.05, 0.1) is 6.61 Å². The molecule has 2 rings (SSSR count). The molecule has 1 aromatic rings. The second kappa shape index (κ2) is 6.91. The van der Waals surface area contributed by atoms with Gasteiger partial charge in [-0.25, -0.2) is 0 Å². The quantitative estimate of drug-likeness (QED) is 0.838. The van der Waals surface area contributed by atoms with Crippen LogP contribution < -0.4 is 5.32 Å². The molecule has 0 spiro atoms. The molecule has 2 heteroatoms. The van der Waals surface area contributed by atoms with Crippen molar-refractivity contribution < 1.29 is 5.11 Å². The van der Waals surface area contributed by atoms with Gasteiger partial charge >= 0.3 is 0 Å². The number of hydrogen-bond acceptors (Lipinski definition) is 2. The highest BCUT2D eigenvalue weighted by Crippen LogP contribution is 2.24. The molecular formula is C16H25NO. The van der Waals surface area contributed by atoms with Gasteiger partial charge in [-0.1, -0.05) is 50.1 Å². The van der Waals surface area contributed by atoms with Crippen LogP contribution in [0.1, 0.15) is 38.2 Å². The zero-order valence-corrected chi connectivity index (χ0v) is 11.3. The lowest BCUT2D eigenvalue weighted by Gasteiger charge is -2.31.